The summed E-state index contributed by atoms with van der Waals surface area (Å²) in [6, 6.07) is 6.49. The first-order valence-corrected chi connectivity index (χ1v) is 6.66. The molecule has 7 heteroatoms. The largest absolute Gasteiger partial charge is 0.358 e. The molecular formula is C15H13N3O4. The maximum absolute atomic E-state index is 12.5. The normalized spacial score (nSPS) is 15.3. The summed E-state index contributed by atoms with van der Waals surface area (Å²) in [5.74, 6) is -2.29. The van der Waals surface area contributed by atoms with Crippen LogP contribution in [0.3, 0.4) is 0 Å². The molecule has 4 amide bonds. The van der Waals surface area contributed by atoms with Crippen LogP contribution in [0, 0.1) is 6.92 Å². The molecule has 7 nitrogen and oxygen atoms in total. The number of fused-ring (bicyclic) bond motifs is 1. The van der Waals surface area contributed by atoms with E-state index in [1.807, 2.05) is 12.1 Å². The molecule has 0 radical (unpaired) electrons. The Kier molecular flexibility index (Phi) is 3.05. The van der Waals surface area contributed by atoms with Crippen molar-refractivity contribution in [2.75, 3.05) is 13.6 Å². The highest BCUT2D eigenvalue weighted by atomic mass is 16.2. The van der Waals surface area contributed by atoms with Gasteiger partial charge in [0.15, 0.2) is 5.78 Å². The fraction of sp³-hybridized carbons (Fsp3) is 0.200. The topological polar surface area (TPSA) is 90.6 Å². The molecule has 1 aromatic heterocycles. The number of rotatable bonds is 3. The first kappa shape index (κ1) is 14.0. The molecule has 1 aliphatic heterocycles. The number of Topliss-reactive ketones (excluding diaryl/α,β-unsaturated/α-hetero) is 1. The second-order valence-electron chi connectivity index (χ2n) is 5.13. The lowest BCUT2D eigenvalue weighted by Gasteiger charge is -2.11. The molecule has 1 N–H and O–H groups in total. The zero-order valence-electron chi connectivity index (χ0n) is 12.0. The number of nitrogens with one attached hydrogen (secondary N) is 1. The van der Waals surface area contributed by atoms with Crippen molar-refractivity contribution < 1.29 is 19.2 Å². The summed E-state index contributed by atoms with van der Waals surface area (Å²) < 4.78 is 0. The van der Waals surface area contributed by atoms with E-state index in [-0.39, 0.29) is 5.78 Å². The van der Waals surface area contributed by atoms with E-state index in [4.69, 9.17) is 0 Å². The third-order valence-corrected chi connectivity index (χ3v) is 3.72. The highest BCUT2D eigenvalue weighted by molar-refractivity contribution is 6.45. The number of H-pyrrole nitrogens is 1. The third kappa shape index (κ3) is 1.90. The molecule has 1 saturated heterocycles. The number of carbonyl (C=O) groups excluding carboxylic acids is 4. The summed E-state index contributed by atoms with van der Waals surface area (Å²) in [6.45, 7) is 1.30. The van der Waals surface area contributed by atoms with Gasteiger partial charge in [-0.3, -0.25) is 19.3 Å². The Morgan fingerprint density at radius 2 is 1.82 bits per heavy atom. The molecule has 0 atom stereocenters. The number of urea groups is 1. The number of benzene rings is 1. The SMILES string of the molecule is Cc1[nH]c2ccccc2c1C(=O)CN1C(=O)C(=O)N(C)C1=O. The lowest BCUT2D eigenvalue weighted by Crippen LogP contribution is -2.36. The summed E-state index contributed by atoms with van der Waals surface area (Å²) in [7, 11) is 1.21. The average Bonchev–Trinajstić information content (AvgIpc) is 2.92. The van der Waals surface area contributed by atoms with Gasteiger partial charge in [-0.25, -0.2) is 9.69 Å². The van der Waals surface area contributed by atoms with Gasteiger partial charge in [0.05, 0.1) is 6.54 Å². The maximum atomic E-state index is 12.5. The number of carbonyl (C=O) groups is 4. The van der Waals surface area contributed by atoms with E-state index < -0.39 is 24.4 Å². The van der Waals surface area contributed by atoms with E-state index in [1.54, 1.807) is 19.1 Å². The standard InChI is InChI=1S/C15H13N3O4/c1-8-12(9-5-3-4-6-10(9)16-8)11(19)7-18-14(21)13(20)17(2)15(18)22/h3-6,16H,7H2,1-2H3. The Balaban J connectivity index is 1.95. The van der Waals surface area contributed by atoms with Gasteiger partial charge in [-0.2, -0.15) is 0 Å². The van der Waals surface area contributed by atoms with E-state index in [2.05, 4.69) is 4.98 Å². The molecule has 2 aromatic rings. The number of aryl methyl sites for hydroxylation is 1. The third-order valence-electron chi connectivity index (χ3n) is 3.72. The highest BCUT2D eigenvalue weighted by Crippen LogP contribution is 2.23. The van der Waals surface area contributed by atoms with Crippen LogP contribution in [-0.2, 0) is 9.59 Å². The molecule has 112 valence electrons. The molecule has 2 heterocycles. The van der Waals surface area contributed by atoms with Gasteiger partial charge in [0.2, 0.25) is 0 Å². The summed E-state index contributed by atoms with van der Waals surface area (Å²) in [6.07, 6.45) is 0. The van der Waals surface area contributed by atoms with Gasteiger partial charge >= 0.3 is 17.8 Å². The van der Waals surface area contributed by atoms with E-state index in [9.17, 15) is 19.2 Å². The van der Waals surface area contributed by atoms with Crippen LogP contribution in [0.4, 0.5) is 4.79 Å². The summed E-state index contributed by atoms with van der Waals surface area (Å²) in [5.41, 5.74) is 1.89. The van der Waals surface area contributed by atoms with Gasteiger partial charge in [0, 0.05) is 29.2 Å². The Morgan fingerprint density at radius 3 is 2.45 bits per heavy atom. The van der Waals surface area contributed by atoms with Crippen LogP contribution in [0.25, 0.3) is 10.9 Å². The molecule has 1 aliphatic rings. The van der Waals surface area contributed by atoms with Crippen molar-refractivity contribution in [2.24, 2.45) is 0 Å². The number of nitrogens with zero attached hydrogens (tertiary/aromatic N) is 2. The Bertz CT molecular complexity index is 836. The van der Waals surface area contributed by atoms with E-state index >= 15 is 0 Å². The average molecular weight is 299 g/mol. The monoisotopic (exact) mass is 299 g/mol. The fourth-order valence-electron chi connectivity index (χ4n) is 2.61. The van der Waals surface area contributed by atoms with E-state index in [0.29, 0.717) is 21.1 Å². The number of aromatic amines is 1. The molecule has 0 aliphatic carbocycles. The minimum absolute atomic E-state index is 0.389. The number of amides is 4. The molecule has 0 unspecified atom stereocenters. The van der Waals surface area contributed by atoms with Crippen molar-refractivity contribution in [3.8, 4) is 0 Å². The highest BCUT2D eigenvalue weighted by Gasteiger charge is 2.43. The Morgan fingerprint density at radius 1 is 1.14 bits per heavy atom. The van der Waals surface area contributed by atoms with Crippen LogP contribution < -0.4 is 0 Å². The van der Waals surface area contributed by atoms with Crippen LogP contribution >= 0.6 is 0 Å². The van der Waals surface area contributed by atoms with Crippen molar-refractivity contribution in [2.45, 2.75) is 6.92 Å². The summed E-state index contributed by atoms with van der Waals surface area (Å²) in [5, 5.41) is 0.726. The predicted octanol–water partition coefficient (Wildman–Crippen LogP) is 1.08. The maximum Gasteiger partial charge on any atom is 0.334 e. The van der Waals surface area contributed by atoms with E-state index in [0.717, 1.165) is 10.9 Å². The van der Waals surface area contributed by atoms with Crippen molar-refractivity contribution in [1.29, 1.82) is 0 Å². The van der Waals surface area contributed by atoms with Crippen LogP contribution in [0.1, 0.15) is 16.1 Å². The minimum Gasteiger partial charge on any atom is -0.358 e. The molecule has 1 fully saturated rings. The smallest absolute Gasteiger partial charge is 0.334 e. The van der Waals surface area contributed by atoms with Crippen LogP contribution in [0.15, 0.2) is 24.3 Å². The van der Waals surface area contributed by atoms with Gasteiger partial charge in [0.25, 0.3) is 0 Å². The van der Waals surface area contributed by atoms with Gasteiger partial charge in [-0.15, -0.1) is 0 Å². The second-order valence-corrected chi connectivity index (χ2v) is 5.13. The number of para-hydroxylation sites is 1. The zero-order valence-corrected chi connectivity index (χ0v) is 12.0. The van der Waals surface area contributed by atoms with Gasteiger partial charge in [-0.05, 0) is 13.0 Å². The quantitative estimate of drug-likeness (QED) is 0.521. The minimum atomic E-state index is -0.974. The number of hydrogen-bond donors (Lipinski definition) is 1. The molecule has 0 saturated carbocycles. The Hall–Kier alpha value is -2.96. The van der Waals surface area contributed by atoms with Crippen LogP contribution in [0.2, 0.25) is 0 Å². The Labute approximate surface area is 125 Å². The molecule has 3 rings (SSSR count). The van der Waals surface area contributed by atoms with Crippen molar-refractivity contribution in [3.63, 3.8) is 0 Å². The van der Waals surface area contributed by atoms with Gasteiger partial charge in [0.1, 0.15) is 0 Å². The predicted molar refractivity (Wildman–Crippen MR) is 77.2 cm³/mol. The van der Waals surface area contributed by atoms with Gasteiger partial charge < -0.3 is 4.98 Å². The number of imide groups is 2. The first-order chi connectivity index (χ1) is 10.4. The first-order valence-electron chi connectivity index (χ1n) is 6.66. The van der Waals surface area contributed by atoms with Gasteiger partial charge in [-0.1, -0.05) is 18.2 Å². The summed E-state index contributed by atoms with van der Waals surface area (Å²) >= 11 is 0. The van der Waals surface area contributed by atoms with Crippen molar-refractivity contribution in [3.05, 3.63) is 35.5 Å². The molecule has 0 bridgehead atoms. The molecule has 1 aromatic carbocycles. The number of hydrogen-bond acceptors (Lipinski definition) is 4. The van der Waals surface area contributed by atoms with E-state index in [1.165, 1.54) is 7.05 Å². The summed E-state index contributed by atoms with van der Waals surface area (Å²) in [4.78, 5) is 52.0. The lowest BCUT2D eigenvalue weighted by atomic mass is 10.1. The number of ketones is 1. The van der Waals surface area contributed by atoms with Crippen molar-refractivity contribution in [1.82, 2.24) is 14.8 Å². The molecular weight excluding hydrogens is 286 g/mol. The number of likely N-dealkylation sites (N-methyl/N-ethyl adjacent to an activating group) is 1. The fourth-order valence-corrected chi connectivity index (χ4v) is 2.61. The van der Waals surface area contributed by atoms with Crippen LogP contribution in [0.5, 0.6) is 0 Å². The van der Waals surface area contributed by atoms with Crippen molar-refractivity contribution >= 4 is 34.5 Å². The van der Waals surface area contributed by atoms with Crippen LogP contribution in [-0.4, -0.2) is 52.0 Å². The number of aromatic nitrogens is 1. The second kappa shape index (κ2) is 4.80. The lowest BCUT2D eigenvalue weighted by molar-refractivity contribution is -0.142. The zero-order chi connectivity index (χ0) is 16.0. The molecule has 0 spiro atoms. The molecule has 22 heavy (non-hydrogen) atoms.